The van der Waals surface area contributed by atoms with Gasteiger partial charge in [0.1, 0.15) is 17.3 Å². The first-order chi connectivity index (χ1) is 9.24. The number of fused-ring (bicyclic) bond motifs is 1. The summed E-state index contributed by atoms with van der Waals surface area (Å²) in [5.74, 6) is 1.13. The second-order valence-electron chi connectivity index (χ2n) is 4.64. The van der Waals surface area contributed by atoms with Gasteiger partial charge in [-0.15, -0.1) is 0 Å². The van der Waals surface area contributed by atoms with Crippen LogP contribution in [0.4, 0.5) is 5.69 Å². The van der Waals surface area contributed by atoms with Gasteiger partial charge in [0.05, 0.1) is 0 Å². The van der Waals surface area contributed by atoms with Crippen molar-refractivity contribution < 1.29 is 9.21 Å². The first kappa shape index (κ1) is 12.1. The topological polar surface area (TPSA) is 57.2 Å². The van der Waals surface area contributed by atoms with E-state index >= 15 is 0 Å². The number of hydrogen-bond donors (Lipinski definition) is 1. The SMILES string of the molecule is N#Cc1oc2ccccc2c1N1CC(CS)CC1=O. The number of thiol groups is 1. The normalized spacial score (nSPS) is 19.1. The Morgan fingerprint density at radius 2 is 2.26 bits per heavy atom. The Hall–Kier alpha value is -1.93. The highest BCUT2D eigenvalue weighted by molar-refractivity contribution is 7.80. The fourth-order valence-electron chi connectivity index (χ4n) is 2.50. The van der Waals surface area contributed by atoms with Crippen molar-refractivity contribution in [3.8, 4) is 6.07 Å². The van der Waals surface area contributed by atoms with Crippen molar-refractivity contribution in [1.82, 2.24) is 0 Å². The second kappa shape index (κ2) is 4.63. The molecular formula is C14H12N2O2S. The van der Waals surface area contributed by atoms with Gasteiger partial charge in [0.2, 0.25) is 11.7 Å². The third-order valence-corrected chi connectivity index (χ3v) is 3.92. The van der Waals surface area contributed by atoms with E-state index in [1.54, 1.807) is 11.0 Å². The van der Waals surface area contributed by atoms with Crippen molar-refractivity contribution in [3.05, 3.63) is 30.0 Å². The molecule has 4 nitrogen and oxygen atoms in total. The van der Waals surface area contributed by atoms with E-state index in [1.807, 2.05) is 24.3 Å². The van der Waals surface area contributed by atoms with Crippen LogP contribution in [0.3, 0.4) is 0 Å². The average Bonchev–Trinajstić information content (AvgIpc) is 2.98. The molecule has 1 saturated heterocycles. The Bertz CT molecular complexity index is 686. The molecule has 2 aromatic rings. The Morgan fingerprint density at radius 1 is 1.47 bits per heavy atom. The number of carbonyl (C=O) groups is 1. The van der Waals surface area contributed by atoms with Crippen molar-refractivity contribution in [1.29, 1.82) is 5.26 Å². The smallest absolute Gasteiger partial charge is 0.228 e. The first-order valence-electron chi connectivity index (χ1n) is 6.07. The number of furan rings is 1. The maximum absolute atomic E-state index is 12.1. The zero-order chi connectivity index (χ0) is 13.4. The van der Waals surface area contributed by atoms with E-state index in [0.29, 0.717) is 30.0 Å². The molecule has 1 fully saturated rings. The van der Waals surface area contributed by atoms with Crippen LogP contribution in [-0.2, 0) is 4.79 Å². The summed E-state index contributed by atoms with van der Waals surface area (Å²) >= 11 is 4.25. The van der Waals surface area contributed by atoms with E-state index in [2.05, 4.69) is 12.6 Å². The minimum Gasteiger partial charge on any atom is -0.443 e. The van der Waals surface area contributed by atoms with Crippen molar-refractivity contribution in [2.45, 2.75) is 6.42 Å². The van der Waals surface area contributed by atoms with Crippen molar-refractivity contribution in [2.75, 3.05) is 17.2 Å². The summed E-state index contributed by atoms with van der Waals surface area (Å²) in [6, 6.07) is 9.43. The minimum absolute atomic E-state index is 0.0297. The van der Waals surface area contributed by atoms with E-state index in [0.717, 1.165) is 5.39 Å². The molecule has 0 spiro atoms. The third-order valence-electron chi connectivity index (χ3n) is 3.40. The molecule has 1 aliphatic heterocycles. The summed E-state index contributed by atoms with van der Waals surface area (Å²) in [7, 11) is 0. The Labute approximate surface area is 116 Å². The molecule has 96 valence electrons. The van der Waals surface area contributed by atoms with Gasteiger partial charge in [-0.3, -0.25) is 4.79 Å². The first-order valence-corrected chi connectivity index (χ1v) is 6.70. The Morgan fingerprint density at radius 3 is 2.95 bits per heavy atom. The van der Waals surface area contributed by atoms with E-state index < -0.39 is 0 Å². The Balaban J connectivity index is 2.14. The van der Waals surface area contributed by atoms with Crippen LogP contribution in [0.15, 0.2) is 28.7 Å². The van der Waals surface area contributed by atoms with Crippen molar-refractivity contribution in [2.24, 2.45) is 5.92 Å². The molecule has 1 amide bonds. The number of nitrogens with zero attached hydrogens (tertiary/aromatic N) is 2. The molecule has 1 aliphatic rings. The zero-order valence-electron chi connectivity index (χ0n) is 10.2. The van der Waals surface area contributed by atoms with E-state index in [4.69, 9.17) is 4.42 Å². The predicted molar refractivity (Wildman–Crippen MR) is 75.2 cm³/mol. The van der Waals surface area contributed by atoms with Gasteiger partial charge in [-0.1, -0.05) is 12.1 Å². The summed E-state index contributed by atoms with van der Waals surface area (Å²) in [6.07, 6.45) is 0.480. The number of carbonyl (C=O) groups excluding carboxylic acids is 1. The number of rotatable bonds is 2. The van der Waals surface area contributed by atoms with E-state index in [9.17, 15) is 10.1 Å². The monoisotopic (exact) mass is 272 g/mol. The van der Waals surface area contributed by atoms with Gasteiger partial charge in [0.15, 0.2) is 0 Å². The lowest BCUT2D eigenvalue weighted by Crippen LogP contribution is -2.25. The van der Waals surface area contributed by atoms with Crippen molar-refractivity contribution >= 4 is 35.2 Å². The molecule has 0 bridgehead atoms. The van der Waals surface area contributed by atoms with Crippen LogP contribution in [0.5, 0.6) is 0 Å². The molecule has 0 aliphatic carbocycles. The quantitative estimate of drug-likeness (QED) is 0.855. The highest BCUT2D eigenvalue weighted by Crippen LogP contribution is 2.36. The van der Waals surface area contributed by atoms with E-state index in [-0.39, 0.29) is 17.6 Å². The third kappa shape index (κ3) is 1.89. The van der Waals surface area contributed by atoms with E-state index in [1.165, 1.54) is 0 Å². The fraction of sp³-hybridized carbons (Fsp3) is 0.286. The van der Waals surface area contributed by atoms with Crippen LogP contribution in [0.1, 0.15) is 12.2 Å². The van der Waals surface area contributed by atoms with Gasteiger partial charge >= 0.3 is 0 Å². The fourth-order valence-corrected chi connectivity index (χ4v) is 2.74. The second-order valence-corrected chi connectivity index (χ2v) is 5.01. The largest absolute Gasteiger partial charge is 0.443 e. The molecule has 1 aromatic heterocycles. The lowest BCUT2D eigenvalue weighted by atomic mass is 10.1. The Kier molecular flexibility index (Phi) is 2.96. The maximum Gasteiger partial charge on any atom is 0.228 e. The van der Waals surface area contributed by atoms with Gasteiger partial charge < -0.3 is 9.32 Å². The molecule has 1 unspecified atom stereocenters. The van der Waals surface area contributed by atoms with Gasteiger partial charge in [-0.05, 0) is 23.8 Å². The van der Waals surface area contributed by atoms with Crippen LogP contribution in [0.25, 0.3) is 11.0 Å². The standard InChI is InChI=1S/C14H12N2O2S/c15-6-12-14(10-3-1-2-4-11(10)18-12)16-7-9(8-19)5-13(16)17/h1-4,9,19H,5,7-8H2. The van der Waals surface area contributed by atoms with Crippen LogP contribution < -0.4 is 4.90 Å². The molecule has 2 heterocycles. The minimum atomic E-state index is 0.0297. The summed E-state index contributed by atoms with van der Waals surface area (Å²) in [5.41, 5.74) is 1.24. The lowest BCUT2D eigenvalue weighted by molar-refractivity contribution is -0.117. The number of para-hydroxylation sites is 1. The number of amides is 1. The van der Waals surface area contributed by atoms with Crippen LogP contribution in [-0.4, -0.2) is 18.2 Å². The van der Waals surface area contributed by atoms with Gasteiger partial charge in [0.25, 0.3) is 0 Å². The molecule has 0 radical (unpaired) electrons. The van der Waals surface area contributed by atoms with Crippen molar-refractivity contribution in [3.63, 3.8) is 0 Å². The number of nitriles is 1. The van der Waals surface area contributed by atoms with Crippen LogP contribution in [0, 0.1) is 17.2 Å². The number of benzene rings is 1. The maximum atomic E-state index is 12.1. The van der Waals surface area contributed by atoms with Gasteiger partial charge in [0, 0.05) is 18.4 Å². The summed E-state index contributed by atoms with van der Waals surface area (Å²) in [4.78, 5) is 13.8. The lowest BCUT2D eigenvalue weighted by Gasteiger charge is -2.15. The number of anilines is 1. The highest BCUT2D eigenvalue weighted by atomic mass is 32.1. The van der Waals surface area contributed by atoms with Gasteiger partial charge in [-0.25, -0.2) is 0 Å². The summed E-state index contributed by atoms with van der Waals surface area (Å²) in [6.45, 7) is 0.598. The highest BCUT2D eigenvalue weighted by Gasteiger charge is 2.33. The average molecular weight is 272 g/mol. The molecule has 0 N–H and O–H groups in total. The number of hydrogen-bond acceptors (Lipinski definition) is 4. The summed E-state index contributed by atoms with van der Waals surface area (Å²) < 4.78 is 5.50. The van der Waals surface area contributed by atoms with Gasteiger partial charge in [-0.2, -0.15) is 17.9 Å². The molecule has 1 atom stereocenters. The molecule has 1 aromatic carbocycles. The molecule has 0 saturated carbocycles. The molecule has 19 heavy (non-hydrogen) atoms. The van der Waals surface area contributed by atoms with Crippen LogP contribution >= 0.6 is 12.6 Å². The van der Waals surface area contributed by atoms with Crippen LogP contribution in [0.2, 0.25) is 0 Å². The molecular weight excluding hydrogens is 260 g/mol. The molecule has 5 heteroatoms. The predicted octanol–water partition coefficient (Wildman–Crippen LogP) is 2.59. The summed E-state index contributed by atoms with van der Waals surface area (Å²) in [5, 5.41) is 10.0. The zero-order valence-corrected chi connectivity index (χ0v) is 11.1. The molecule has 3 rings (SSSR count).